The fraction of sp³-hybridized carbons (Fsp3) is 0.346. The van der Waals surface area contributed by atoms with Gasteiger partial charge in [-0.15, -0.1) is 0 Å². The molecule has 1 spiro atoms. The zero-order valence-electron chi connectivity index (χ0n) is 20.3. The Morgan fingerprint density at radius 3 is 2.64 bits per heavy atom. The maximum Gasteiger partial charge on any atom is 0.188 e. The summed E-state index contributed by atoms with van der Waals surface area (Å²) < 4.78 is 20.6. The van der Waals surface area contributed by atoms with E-state index in [-0.39, 0.29) is 17.2 Å². The number of benzene rings is 1. The van der Waals surface area contributed by atoms with Crippen LogP contribution in [0.5, 0.6) is 11.5 Å². The van der Waals surface area contributed by atoms with E-state index in [0.29, 0.717) is 35.0 Å². The first kappa shape index (κ1) is 23.8. The standard InChI is InChI=1S/C26H27FN8O/c1-17(2)24-21(9-29-15-31-24)20-6-19(27)4-5-22(20)36-23-10-30-16-32-25(23)34-11-26(12-34)13-35(14-26)33-8-18(3)7-28/h4-6,9-10,15-17,33H,3,8,11-14H2,1-2H3. The molecule has 0 bridgehead atoms. The maximum absolute atomic E-state index is 14.3. The molecule has 0 amide bonds. The lowest BCUT2D eigenvalue weighted by molar-refractivity contribution is -0.0549. The summed E-state index contributed by atoms with van der Waals surface area (Å²) in [6.07, 6.45) is 6.32. The molecule has 0 radical (unpaired) electrons. The van der Waals surface area contributed by atoms with Gasteiger partial charge in [0.15, 0.2) is 11.6 Å². The highest BCUT2D eigenvalue weighted by Gasteiger charge is 2.52. The molecule has 4 heterocycles. The highest BCUT2D eigenvalue weighted by atomic mass is 19.1. The maximum atomic E-state index is 14.3. The summed E-state index contributed by atoms with van der Waals surface area (Å²) >= 11 is 0. The first-order valence-corrected chi connectivity index (χ1v) is 11.8. The molecule has 10 heteroatoms. The Morgan fingerprint density at radius 2 is 1.89 bits per heavy atom. The third-order valence-electron chi connectivity index (χ3n) is 6.48. The molecule has 1 N–H and O–H groups in total. The van der Waals surface area contributed by atoms with Gasteiger partial charge in [0.25, 0.3) is 0 Å². The molecular weight excluding hydrogens is 459 g/mol. The number of anilines is 1. The molecule has 36 heavy (non-hydrogen) atoms. The largest absolute Gasteiger partial charge is 0.451 e. The molecule has 2 aliphatic heterocycles. The summed E-state index contributed by atoms with van der Waals surface area (Å²) in [6, 6.07) is 6.48. The van der Waals surface area contributed by atoms with Crippen LogP contribution in [0.3, 0.4) is 0 Å². The Labute approximate surface area is 209 Å². The van der Waals surface area contributed by atoms with Gasteiger partial charge < -0.3 is 9.64 Å². The van der Waals surface area contributed by atoms with Gasteiger partial charge in [0.1, 0.15) is 24.2 Å². The Morgan fingerprint density at radius 1 is 1.14 bits per heavy atom. The Kier molecular flexibility index (Phi) is 6.35. The average molecular weight is 487 g/mol. The molecule has 0 saturated carbocycles. The van der Waals surface area contributed by atoms with E-state index in [1.807, 2.05) is 13.8 Å². The molecule has 3 aromatic rings. The lowest BCUT2D eigenvalue weighted by Crippen LogP contribution is -2.74. The van der Waals surface area contributed by atoms with Crippen LogP contribution < -0.4 is 15.1 Å². The molecule has 0 unspecified atom stereocenters. The van der Waals surface area contributed by atoms with Crippen LogP contribution in [-0.4, -0.2) is 57.7 Å². The molecule has 0 aliphatic carbocycles. The zero-order valence-corrected chi connectivity index (χ0v) is 20.3. The van der Waals surface area contributed by atoms with Gasteiger partial charge in [0.2, 0.25) is 0 Å². The number of hydrogen-bond donors (Lipinski definition) is 1. The van der Waals surface area contributed by atoms with E-state index in [9.17, 15) is 4.39 Å². The number of hydrogen-bond acceptors (Lipinski definition) is 9. The summed E-state index contributed by atoms with van der Waals surface area (Å²) in [5, 5.41) is 11.0. The van der Waals surface area contributed by atoms with E-state index in [2.05, 4.69) is 47.9 Å². The van der Waals surface area contributed by atoms with Crippen LogP contribution in [-0.2, 0) is 0 Å². The van der Waals surface area contributed by atoms with Crippen molar-refractivity contribution in [2.75, 3.05) is 37.6 Å². The van der Waals surface area contributed by atoms with E-state index in [0.717, 1.165) is 37.4 Å². The van der Waals surface area contributed by atoms with Crippen molar-refractivity contribution in [3.8, 4) is 28.7 Å². The van der Waals surface area contributed by atoms with Crippen molar-refractivity contribution in [2.24, 2.45) is 5.41 Å². The van der Waals surface area contributed by atoms with E-state index in [4.69, 9.17) is 10.00 Å². The normalized spacial score (nSPS) is 16.4. The fourth-order valence-corrected chi connectivity index (χ4v) is 4.78. The quantitative estimate of drug-likeness (QED) is 0.478. The van der Waals surface area contributed by atoms with Crippen LogP contribution in [0.25, 0.3) is 11.1 Å². The minimum atomic E-state index is -0.369. The molecule has 2 fully saturated rings. The van der Waals surface area contributed by atoms with Crippen molar-refractivity contribution in [1.82, 2.24) is 30.4 Å². The van der Waals surface area contributed by atoms with Crippen molar-refractivity contribution >= 4 is 5.82 Å². The lowest BCUT2D eigenvalue weighted by atomic mass is 9.74. The molecular formula is C26H27FN8O. The van der Waals surface area contributed by atoms with Crippen molar-refractivity contribution in [3.63, 3.8) is 0 Å². The molecule has 5 rings (SSSR count). The second-order valence-electron chi connectivity index (χ2n) is 9.69. The molecule has 1 aromatic carbocycles. The SMILES string of the molecule is C=C(C#N)CNN1CC2(C1)CN(c1ncncc1Oc1ccc(F)cc1-c1cncnc1C(C)C)C2. The smallest absolute Gasteiger partial charge is 0.188 e. The Hall–Kier alpha value is -3.94. The van der Waals surface area contributed by atoms with E-state index in [1.54, 1.807) is 18.5 Å². The monoisotopic (exact) mass is 486 g/mol. The van der Waals surface area contributed by atoms with Crippen LogP contribution in [0, 0.1) is 22.6 Å². The van der Waals surface area contributed by atoms with Crippen molar-refractivity contribution in [1.29, 1.82) is 5.26 Å². The van der Waals surface area contributed by atoms with Crippen molar-refractivity contribution in [3.05, 3.63) is 66.9 Å². The minimum absolute atomic E-state index is 0.126. The van der Waals surface area contributed by atoms with Crippen LogP contribution in [0.1, 0.15) is 25.5 Å². The summed E-state index contributed by atoms with van der Waals surface area (Å²) in [6.45, 7) is 11.7. The minimum Gasteiger partial charge on any atom is -0.451 e. The second-order valence-corrected chi connectivity index (χ2v) is 9.69. The zero-order chi connectivity index (χ0) is 25.3. The summed E-state index contributed by atoms with van der Waals surface area (Å²) in [5.41, 5.74) is 6.04. The first-order chi connectivity index (χ1) is 17.4. The van der Waals surface area contributed by atoms with Gasteiger partial charge in [0, 0.05) is 61.0 Å². The third kappa shape index (κ3) is 4.63. The number of rotatable bonds is 8. The number of hydrazine groups is 1. The fourth-order valence-electron chi connectivity index (χ4n) is 4.78. The molecule has 2 aromatic heterocycles. The van der Waals surface area contributed by atoms with Crippen LogP contribution in [0.4, 0.5) is 10.2 Å². The van der Waals surface area contributed by atoms with Gasteiger partial charge in [-0.2, -0.15) is 5.26 Å². The number of halogens is 1. The molecule has 9 nitrogen and oxygen atoms in total. The van der Waals surface area contributed by atoms with Gasteiger partial charge in [0.05, 0.1) is 18.0 Å². The van der Waals surface area contributed by atoms with E-state index in [1.165, 1.54) is 24.8 Å². The molecule has 0 atom stereocenters. The predicted octanol–water partition coefficient (Wildman–Crippen LogP) is 3.69. The van der Waals surface area contributed by atoms with Gasteiger partial charge >= 0.3 is 0 Å². The number of aromatic nitrogens is 4. The van der Waals surface area contributed by atoms with Gasteiger partial charge in [-0.3, -0.25) is 5.43 Å². The Bertz CT molecular complexity index is 1320. The molecule has 2 aliphatic rings. The highest BCUT2D eigenvalue weighted by molar-refractivity contribution is 5.73. The number of nitrogens with one attached hydrogen (secondary N) is 1. The number of nitriles is 1. The number of nitrogens with zero attached hydrogens (tertiary/aromatic N) is 7. The van der Waals surface area contributed by atoms with Gasteiger partial charge in [-0.1, -0.05) is 20.4 Å². The molecule has 184 valence electrons. The highest BCUT2D eigenvalue weighted by Crippen LogP contribution is 2.44. The first-order valence-electron chi connectivity index (χ1n) is 11.8. The average Bonchev–Trinajstić information content (AvgIpc) is 2.83. The predicted molar refractivity (Wildman–Crippen MR) is 133 cm³/mol. The molecule has 2 saturated heterocycles. The lowest BCUT2D eigenvalue weighted by Gasteiger charge is -2.60. The Balaban J connectivity index is 1.33. The third-order valence-corrected chi connectivity index (χ3v) is 6.48. The van der Waals surface area contributed by atoms with Crippen LogP contribution in [0.15, 0.2) is 55.4 Å². The summed E-state index contributed by atoms with van der Waals surface area (Å²) in [7, 11) is 0. The summed E-state index contributed by atoms with van der Waals surface area (Å²) in [4.78, 5) is 19.4. The van der Waals surface area contributed by atoms with Gasteiger partial charge in [-0.05, 0) is 24.1 Å². The van der Waals surface area contributed by atoms with E-state index < -0.39 is 0 Å². The van der Waals surface area contributed by atoms with Crippen molar-refractivity contribution < 1.29 is 9.13 Å². The van der Waals surface area contributed by atoms with Crippen LogP contribution in [0.2, 0.25) is 0 Å². The second kappa shape index (κ2) is 9.60. The van der Waals surface area contributed by atoms with E-state index >= 15 is 0 Å². The van der Waals surface area contributed by atoms with Crippen molar-refractivity contribution in [2.45, 2.75) is 19.8 Å². The number of ether oxygens (including phenoxy) is 1. The van der Waals surface area contributed by atoms with Crippen LogP contribution >= 0.6 is 0 Å². The van der Waals surface area contributed by atoms with Gasteiger partial charge in [-0.25, -0.2) is 29.3 Å². The summed E-state index contributed by atoms with van der Waals surface area (Å²) in [5.74, 6) is 1.44. The topological polar surface area (TPSA) is 103 Å².